The zero-order valence-electron chi connectivity index (χ0n) is 7.62. The van der Waals surface area contributed by atoms with Crippen LogP contribution in [0.25, 0.3) is 0 Å². The van der Waals surface area contributed by atoms with Crippen LogP contribution >= 0.6 is 0 Å². The molecular formula is C10H17NO. The van der Waals surface area contributed by atoms with Crippen LogP contribution < -0.4 is 5.73 Å². The Bertz CT molecular complexity index is 188. The van der Waals surface area contributed by atoms with Gasteiger partial charge in [-0.05, 0) is 31.1 Å². The number of nitrogens with two attached hydrogens (primary N) is 1. The first-order valence-electron chi connectivity index (χ1n) is 4.55. The number of carbonyl (C=O) groups is 1. The molecule has 1 saturated carbocycles. The van der Waals surface area contributed by atoms with Crippen LogP contribution in [0.3, 0.4) is 0 Å². The molecule has 3 unspecified atom stereocenters. The maximum atomic E-state index is 10.9. The molecule has 1 aliphatic rings. The zero-order chi connectivity index (χ0) is 9.14. The van der Waals surface area contributed by atoms with Gasteiger partial charge in [0.2, 0.25) is 5.91 Å². The average molecular weight is 167 g/mol. The minimum atomic E-state index is -0.145. The highest BCUT2D eigenvalue weighted by atomic mass is 16.1. The van der Waals surface area contributed by atoms with Crippen molar-refractivity contribution < 1.29 is 4.79 Å². The molecule has 0 bridgehead atoms. The monoisotopic (exact) mass is 167 g/mol. The van der Waals surface area contributed by atoms with E-state index in [9.17, 15) is 4.79 Å². The van der Waals surface area contributed by atoms with Gasteiger partial charge in [0.15, 0.2) is 0 Å². The summed E-state index contributed by atoms with van der Waals surface area (Å²) >= 11 is 0. The minimum Gasteiger partial charge on any atom is -0.369 e. The largest absolute Gasteiger partial charge is 0.369 e. The number of hydrogen-bond donors (Lipinski definition) is 1. The van der Waals surface area contributed by atoms with Gasteiger partial charge in [0.1, 0.15) is 0 Å². The quantitative estimate of drug-likeness (QED) is 0.625. The third-order valence-electron chi connectivity index (χ3n) is 2.71. The van der Waals surface area contributed by atoms with E-state index in [-0.39, 0.29) is 11.8 Å². The lowest BCUT2D eigenvalue weighted by atomic mass is 9.76. The number of carbonyl (C=O) groups excluding carboxylic acids is 1. The van der Waals surface area contributed by atoms with Crippen LogP contribution in [-0.4, -0.2) is 5.91 Å². The summed E-state index contributed by atoms with van der Waals surface area (Å²) in [6, 6.07) is 0. The maximum absolute atomic E-state index is 10.9. The Hall–Kier alpha value is -0.790. The predicted molar refractivity (Wildman–Crippen MR) is 49.4 cm³/mol. The molecule has 0 aromatic carbocycles. The lowest BCUT2D eigenvalue weighted by molar-refractivity contribution is -0.123. The number of rotatable bonds is 2. The molecule has 1 amide bonds. The van der Waals surface area contributed by atoms with Gasteiger partial charge in [-0.3, -0.25) is 4.79 Å². The summed E-state index contributed by atoms with van der Waals surface area (Å²) in [5.74, 6) is 1.04. The highest BCUT2D eigenvalue weighted by Gasteiger charge is 2.27. The fourth-order valence-corrected chi connectivity index (χ4v) is 2.08. The first-order valence-corrected chi connectivity index (χ1v) is 4.55. The van der Waals surface area contributed by atoms with Crippen molar-refractivity contribution in [2.75, 3.05) is 0 Å². The maximum Gasteiger partial charge on any atom is 0.220 e. The first-order chi connectivity index (χ1) is 5.63. The molecular weight excluding hydrogens is 150 g/mol. The van der Waals surface area contributed by atoms with Crippen LogP contribution in [0.4, 0.5) is 0 Å². The van der Waals surface area contributed by atoms with Crippen LogP contribution in [0.2, 0.25) is 0 Å². The topological polar surface area (TPSA) is 43.1 Å². The Labute approximate surface area is 73.8 Å². The highest BCUT2D eigenvalue weighted by molar-refractivity contribution is 5.76. The van der Waals surface area contributed by atoms with Crippen molar-refractivity contribution in [2.45, 2.75) is 26.2 Å². The summed E-state index contributed by atoms with van der Waals surface area (Å²) in [5.41, 5.74) is 5.27. The fourth-order valence-electron chi connectivity index (χ4n) is 2.08. The summed E-state index contributed by atoms with van der Waals surface area (Å²) in [4.78, 5) is 10.9. The van der Waals surface area contributed by atoms with Crippen LogP contribution in [-0.2, 0) is 4.79 Å². The first kappa shape index (κ1) is 9.30. The molecule has 3 atom stereocenters. The predicted octanol–water partition coefficient (Wildman–Crippen LogP) is 1.71. The van der Waals surface area contributed by atoms with E-state index in [0.717, 1.165) is 19.3 Å². The number of primary amides is 1. The molecule has 0 aromatic rings. The van der Waals surface area contributed by atoms with Gasteiger partial charge in [0.25, 0.3) is 0 Å². The van der Waals surface area contributed by atoms with Gasteiger partial charge >= 0.3 is 0 Å². The van der Waals surface area contributed by atoms with Gasteiger partial charge in [0.05, 0.1) is 0 Å². The Kier molecular flexibility index (Phi) is 2.90. The molecule has 12 heavy (non-hydrogen) atoms. The molecule has 1 rings (SSSR count). The van der Waals surface area contributed by atoms with Crippen molar-refractivity contribution in [3.63, 3.8) is 0 Å². The highest BCUT2D eigenvalue weighted by Crippen LogP contribution is 2.33. The molecule has 1 fully saturated rings. The summed E-state index contributed by atoms with van der Waals surface area (Å²) < 4.78 is 0. The average Bonchev–Trinajstić information content (AvgIpc) is 2.03. The standard InChI is InChI=1S/C10H17NO/c1-3-8-4-7(2)5-9(6-8)10(11)12/h3,7-9H,1,4-6H2,2H3,(H2,11,12). The van der Waals surface area contributed by atoms with Gasteiger partial charge in [-0.25, -0.2) is 0 Å². The smallest absolute Gasteiger partial charge is 0.220 e. The second-order valence-electron chi connectivity index (χ2n) is 3.91. The van der Waals surface area contributed by atoms with Gasteiger partial charge in [-0.2, -0.15) is 0 Å². The second kappa shape index (κ2) is 3.74. The molecule has 2 heteroatoms. The van der Waals surface area contributed by atoms with Crippen molar-refractivity contribution in [3.8, 4) is 0 Å². The lowest BCUT2D eigenvalue weighted by Gasteiger charge is -2.29. The molecule has 0 aliphatic heterocycles. The zero-order valence-corrected chi connectivity index (χ0v) is 7.62. The molecule has 0 spiro atoms. The summed E-state index contributed by atoms with van der Waals surface area (Å²) in [7, 11) is 0. The Balaban J connectivity index is 2.56. The number of amides is 1. The van der Waals surface area contributed by atoms with Crippen LogP contribution in [0.15, 0.2) is 12.7 Å². The van der Waals surface area contributed by atoms with Crippen molar-refractivity contribution in [1.82, 2.24) is 0 Å². The molecule has 0 saturated heterocycles. The Morgan fingerprint density at radius 1 is 1.50 bits per heavy atom. The summed E-state index contributed by atoms with van der Waals surface area (Å²) in [5, 5.41) is 0. The Morgan fingerprint density at radius 3 is 2.67 bits per heavy atom. The van der Waals surface area contributed by atoms with Crippen molar-refractivity contribution in [1.29, 1.82) is 0 Å². The molecule has 1 aliphatic carbocycles. The van der Waals surface area contributed by atoms with Gasteiger partial charge in [-0.1, -0.05) is 13.0 Å². The Morgan fingerprint density at radius 2 is 2.17 bits per heavy atom. The van der Waals surface area contributed by atoms with E-state index in [4.69, 9.17) is 5.73 Å². The fraction of sp³-hybridized carbons (Fsp3) is 0.700. The molecule has 0 radical (unpaired) electrons. The van der Waals surface area contributed by atoms with E-state index in [2.05, 4.69) is 13.5 Å². The van der Waals surface area contributed by atoms with E-state index < -0.39 is 0 Å². The van der Waals surface area contributed by atoms with Crippen LogP contribution in [0.1, 0.15) is 26.2 Å². The van der Waals surface area contributed by atoms with Gasteiger partial charge in [-0.15, -0.1) is 6.58 Å². The molecule has 0 heterocycles. The third-order valence-corrected chi connectivity index (χ3v) is 2.71. The molecule has 2 N–H and O–H groups in total. The molecule has 2 nitrogen and oxygen atoms in total. The van der Waals surface area contributed by atoms with E-state index in [1.54, 1.807) is 0 Å². The molecule has 68 valence electrons. The van der Waals surface area contributed by atoms with E-state index >= 15 is 0 Å². The van der Waals surface area contributed by atoms with Crippen molar-refractivity contribution in [3.05, 3.63) is 12.7 Å². The normalized spacial score (nSPS) is 35.9. The van der Waals surface area contributed by atoms with Crippen LogP contribution in [0, 0.1) is 17.8 Å². The van der Waals surface area contributed by atoms with Crippen molar-refractivity contribution >= 4 is 5.91 Å². The SMILES string of the molecule is C=CC1CC(C)CC(C(N)=O)C1. The second-order valence-corrected chi connectivity index (χ2v) is 3.91. The van der Waals surface area contributed by atoms with Gasteiger partial charge in [0, 0.05) is 5.92 Å². The lowest BCUT2D eigenvalue weighted by Crippen LogP contribution is -2.30. The number of hydrogen-bond acceptors (Lipinski definition) is 1. The number of allylic oxidation sites excluding steroid dienone is 1. The molecule has 0 aromatic heterocycles. The van der Waals surface area contributed by atoms with Crippen molar-refractivity contribution in [2.24, 2.45) is 23.5 Å². The van der Waals surface area contributed by atoms with Crippen LogP contribution in [0.5, 0.6) is 0 Å². The summed E-state index contributed by atoms with van der Waals surface area (Å²) in [6.07, 6.45) is 4.97. The third kappa shape index (κ3) is 2.10. The van der Waals surface area contributed by atoms with E-state index in [1.165, 1.54) is 0 Å². The minimum absolute atomic E-state index is 0.0803. The van der Waals surface area contributed by atoms with E-state index in [1.807, 2.05) is 6.08 Å². The van der Waals surface area contributed by atoms with Gasteiger partial charge < -0.3 is 5.73 Å². The summed E-state index contributed by atoms with van der Waals surface area (Å²) in [6.45, 7) is 5.93. The van der Waals surface area contributed by atoms with E-state index in [0.29, 0.717) is 11.8 Å².